The van der Waals surface area contributed by atoms with Gasteiger partial charge in [0, 0.05) is 6.54 Å². The lowest BCUT2D eigenvalue weighted by Crippen LogP contribution is -2.23. The topological polar surface area (TPSA) is 55.1 Å². The minimum atomic E-state index is -0.162. The molecule has 0 saturated carbocycles. The van der Waals surface area contributed by atoms with Crippen molar-refractivity contribution in [3.63, 3.8) is 0 Å². The first kappa shape index (κ1) is 11.4. The third-order valence-corrected chi connectivity index (χ3v) is 2.53. The van der Waals surface area contributed by atoms with Gasteiger partial charge < -0.3 is 9.84 Å². The first-order valence-electron chi connectivity index (χ1n) is 5.41. The lowest BCUT2D eigenvalue weighted by Gasteiger charge is -2.04. The monoisotopic (exact) mass is 230 g/mol. The van der Waals surface area contributed by atoms with E-state index in [0.717, 1.165) is 5.56 Å². The number of aryl methyl sites for hydroxylation is 2. The van der Waals surface area contributed by atoms with Crippen LogP contribution in [0.25, 0.3) is 0 Å². The lowest BCUT2D eigenvalue weighted by molar-refractivity contribution is 0.0949. The Kier molecular flexibility index (Phi) is 3.23. The molecule has 1 heterocycles. The number of nitrogens with one attached hydrogen (secondary N) is 1. The van der Waals surface area contributed by atoms with Crippen LogP contribution in [-0.4, -0.2) is 11.1 Å². The Labute approximate surface area is 99.6 Å². The van der Waals surface area contributed by atoms with E-state index in [1.807, 2.05) is 31.2 Å². The summed E-state index contributed by atoms with van der Waals surface area (Å²) in [5, 5.41) is 6.50. The molecule has 0 radical (unpaired) electrons. The number of aromatic nitrogens is 1. The van der Waals surface area contributed by atoms with E-state index < -0.39 is 0 Å². The van der Waals surface area contributed by atoms with Crippen LogP contribution in [0.5, 0.6) is 0 Å². The molecule has 0 unspecified atom stereocenters. The van der Waals surface area contributed by atoms with E-state index in [4.69, 9.17) is 4.52 Å². The van der Waals surface area contributed by atoms with Gasteiger partial charge in [-0.25, -0.2) is 0 Å². The Morgan fingerprint density at radius 2 is 2.24 bits per heavy atom. The van der Waals surface area contributed by atoms with Gasteiger partial charge >= 0.3 is 0 Å². The Balaban J connectivity index is 1.99. The van der Waals surface area contributed by atoms with Crippen LogP contribution in [0.2, 0.25) is 0 Å². The number of hydrogen-bond donors (Lipinski definition) is 1. The van der Waals surface area contributed by atoms with Crippen LogP contribution in [0, 0.1) is 13.8 Å². The number of amides is 1. The number of nitrogens with zero attached hydrogens (tertiary/aromatic N) is 1. The molecule has 1 aromatic carbocycles. The summed E-state index contributed by atoms with van der Waals surface area (Å²) in [6.07, 6.45) is 1.36. The Bertz CT molecular complexity index is 532. The molecule has 2 aromatic rings. The molecule has 2 rings (SSSR count). The van der Waals surface area contributed by atoms with Crippen molar-refractivity contribution in [2.45, 2.75) is 20.4 Å². The molecule has 0 aliphatic carbocycles. The lowest BCUT2D eigenvalue weighted by atomic mass is 10.1. The zero-order valence-electron chi connectivity index (χ0n) is 9.86. The zero-order chi connectivity index (χ0) is 12.3. The highest BCUT2D eigenvalue weighted by Gasteiger charge is 2.11. The molecule has 1 amide bonds. The largest absolute Gasteiger partial charge is 0.364 e. The van der Waals surface area contributed by atoms with Crippen LogP contribution in [0.15, 0.2) is 35.1 Å². The number of hydrogen-bond acceptors (Lipinski definition) is 3. The Hall–Kier alpha value is -2.10. The average molecular weight is 230 g/mol. The summed E-state index contributed by atoms with van der Waals surface area (Å²) >= 11 is 0. The van der Waals surface area contributed by atoms with Gasteiger partial charge in [-0.15, -0.1) is 0 Å². The first-order chi connectivity index (χ1) is 8.16. The summed E-state index contributed by atoms with van der Waals surface area (Å²) in [6, 6.07) is 8.02. The molecule has 17 heavy (non-hydrogen) atoms. The van der Waals surface area contributed by atoms with E-state index in [-0.39, 0.29) is 5.91 Å². The van der Waals surface area contributed by atoms with Gasteiger partial charge in [0.2, 0.25) is 0 Å². The van der Waals surface area contributed by atoms with Crippen LogP contribution in [-0.2, 0) is 6.54 Å². The summed E-state index contributed by atoms with van der Waals surface area (Å²) in [4.78, 5) is 11.8. The molecule has 0 fully saturated rings. The highest BCUT2D eigenvalue weighted by atomic mass is 16.5. The fourth-order valence-electron chi connectivity index (χ4n) is 1.61. The Morgan fingerprint density at radius 1 is 1.41 bits per heavy atom. The third kappa shape index (κ3) is 2.72. The van der Waals surface area contributed by atoms with Crippen LogP contribution < -0.4 is 5.32 Å². The fourth-order valence-corrected chi connectivity index (χ4v) is 1.61. The highest BCUT2D eigenvalue weighted by molar-refractivity contribution is 5.94. The second kappa shape index (κ2) is 4.82. The molecule has 1 aromatic heterocycles. The molecular weight excluding hydrogens is 216 g/mol. The van der Waals surface area contributed by atoms with E-state index >= 15 is 0 Å². The van der Waals surface area contributed by atoms with Crippen LogP contribution in [0.4, 0.5) is 0 Å². The fraction of sp³-hybridized carbons (Fsp3) is 0.231. The maximum Gasteiger partial charge on any atom is 0.256 e. The quantitative estimate of drug-likeness (QED) is 0.879. The van der Waals surface area contributed by atoms with E-state index in [1.54, 1.807) is 6.92 Å². The molecule has 0 saturated heterocycles. The predicted molar refractivity (Wildman–Crippen MR) is 63.6 cm³/mol. The predicted octanol–water partition coefficient (Wildman–Crippen LogP) is 2.22. The van der Waals surface area contributed by atoms with Crippen molar-refractivity contribution in [1.82, 2.24) is 10.5 Å². The third-order valence-electron chi connectivity index (χ3n) is 2.53. The van der Waals surface area contributed by atoms with Crippen LogP contribution in [0.3, 0.4) is 0 Å². The van der Waals surface area contributed by atoms with E-state index in [9.17, 15) is 4.79 Å². The smallest absolute Gasteiger partial charge is 0.256 e. The molecule has 0 bridgehead atoms. The van der Waals surface area contributed by atoms with Gasteiger partial charge in [-0.2, -0.15) is 0 Å². The maximum atomic E-state index is 11.8. The highest BCUT2D eigenvalue weighted by Crippen LogP contribution is 2.06. The summed E-state index contributed by atoms with van der Waals surface area (Å²) < 4.78 is 4.73. The van der Waals surface area contributed by atoms with Crippen molar-refractivity contribution >= 4 is 5.91 Å². The van der Waals surface area contributed by atoms with Crippen molar-refractivity contribution in [3.05, 3.63) is 52.9 Å². The van der Waals surface area contributed by atoms with E-state index in [0.29, 0.717) is 17.8 Å². The minimum Gasteiger partial charge on any atom is -0.364 e. The van der Waals surface area contributed by atoms with Gasteiger partial charge in [0.15, 0.2) is 0 Å². The van der Waals surface area contributed by atoms with Gasteiger partial charge in [0.1, 0.15) is 11.8 Å². The Morgan fingerprint density at radius 3 is 2.88 bits per heavy atom. The molecular formula is C13H14N2O2. The van der Waals surface area contributed by atoms with Crippen molar-refractivity contribution in [3.8, 4) is 0 Å². The van der Waals surface area contributed by atoms with Gasteiger partial charge in [0.25, 0.3) is 5.91 Å². The number of carbonyl (C=O) groups excluding carboxylic acids is 1. The SMILES string of the molecule is Cc1cccc(CNC(=O)c2conc2C)c1. The molecule has 0 aliphatic heterocycles. The van der Waals surface area contributed by atoms with Gasteiger partial charge in [0.05, 0.1) is 5.69 Å². The maximum absolute atomic E-state index is 11.8. The van der Waals surface area contributed by atoms with Crippen LogP contribution >= 0.6 is 0 Å². The van der Waals surface area contributed by atoms with Crippen molar-refractivity contribution in [2.75, 3.05) is 0 Å². The zero-order valence-corrected chi connectivity index (χ0v) is 9.86. The summed E-state index contributed by atoms with van der Waals surface area (Å²) in [5.41, 5.74) is 3.34. The van der Waals surface area contributed by atoms with Crippen molar-refractivity contribution in [1.29, 1.82) is 0 Å². The molecule has 88 valence electrons. The van der Waals surface area contributed by atoms with Crippen molar-refractivity contribution < 1.29 is 9.32 Å². The normalized spacial score (nSPS) is 10.2. The van der Waals surface area contributed by atoms with Gasteiger partial charge in [-0.3, -0.25) is 4.79 Å². The van der Waals surface area contributed by atoms with Crippen LogP contribution in [0.1, 0.15) is 27.2 Å². The number of benzene rings is 1. The molecule has 4 heteroatoms. The molecule has 0 spiro atoms. The van der Waals surface area contributed by atoms with Crippen molar-refractivity contribution in [2.24, 2.45) is 0 Å². The first-order valence-corrected chi connectivity index (χ1v) is 5.41. The standard InChI is InChI=1S/C13H14N2O2/c1-9-4-3-5-11(6-9)7-14-13(16)12-8-17-15-10(12)2/h3-6,8H,7H2,1-2H3,(H,14,16). The number of rotatable bonds is 3. The van der Waals surface area contributed by atoms with E-state index in [1.165, 1.54) is 11.8 Å². The van der Waals surface area contributed by atoms with E-state index in [2.05, 4.69) is 10.5 Å². The van der Waals surface area contributed by atoms with Gasteiger partial charge in [-0.05, 0) is 19.4 Å². The molecule has 1 N–H and O–H groups in total. The average Bonchev–Trinajstić information content (AvgIpc) is 2.72. The second-order valence-electron chi connectivity index (χ2n) is 3.99. The summed E-state index contributed by atoms with van der Waals surface area (Å²) in [7, 11) is 0. The summed E-state index contributed by atoms with van der Waals surface area (Å²) in [6.45, 7) is 4.27. The molecule has 0 atom stereocenters. The minimum absolute atomic E-state index is 0.162. The molecule has 0 aliphatic rings. The second-order valence-corrected chi connectivity index (χ2v) is 3.99. The van der Waals surface area contributed by atoms with Gasteiger partial charge in [-0.1, -0.05) is 35.0 Å². The number of carbonyl (C=O) groups is 1. The summed E-state index contributed by atoms with van der Waals surface area (Å²) in [5.74, 6) is -0.162. The molecule has 4 nitrogen and oxygen atoms in total.